The summed E-state index contributed by atoms with van der Waals surface area (Å²) in [7, 11) is 0. The predicted octanol–water partition coefficient (Wildman–Crippen LogP) is 3.34. The summed E-state index contributed by atoms with van der Waals surface area (Å²) in [6.07, 6.45) is 14.9. The van der Waals surface area contributed by atoms with Crippen LogP contribution in [0, 0.1) is 5.41 Å². The molecule has 0 radical (unpaired) electrons. The summed E-state index contributed by atoms with van der Waals surface area (Å²) in [4.78, 5) is 2.61. The highest BCUT2D eigenvalue weighted by Gasteiger charge is 2.38. The molecule has 0 aromatic carbocycles. The molecule has 2 saturated carbocycles. The largest absolute Gasteiger partial charge is 0.391 e. The Bertz CT molecular complexity index is 262. The highest BCUT2D eigenvalue weighted by Crippen LogP contribution is 2.45. The van der Waals surface area contributed by atoms with E-state index in [2.05, 4.69) is 4.90 Å². The highest BCUT2D eigenvalue weighted by atomic mass is 16.3. The maximum Gasteiger partial charge on any atom is 0.0695 e. The van der Waals surface area contributed by atoms with Crippen molar-refractivity contribution < 1.29 is 5.11 Å². The Morgan fingerprint density at radius 2 is 1.44 bits per heavy atom. The molecular formula is C16H29NO. The standard InChI is InChI=1S/C16H29NO/c18-15-7-3-2-6-14(15)17-12-10-16(11-13-17)8-4-1-5-9-16/h14-15,18H,1-13H2/t14-,15-/m1/s1. The lowest BCUT2D eigenvalue weighted by atomic mass is 9.68. The molecule has 3 aliphatic rings. The van der Waals surface area contributed by atoms with Crippen molar-refractivity contribution >= 4 is 0 Å². The van der Waals surface area contributed by atoms with Gasteiger partial charge in [-0.15, -0.1) is 0 Å². The van der Waals surface area contributed by atoms with Crippen LogP contribution in [-0.2, 0) is 0 Å². The van der Waals surface area contributed by atoms with Gasteiger partial charge in [0.15, 0.2) is 0 Å². The molecule has 18 heavy (non-hydrogen) atoms. The summed E-state index contributed by atoms with van der Waals surface area (Å²) in [6, 6.07) is 0.486. The molecule has 3 rings (SSSR count). The third kappa shape index (κ3) is 2.60. The molecule has 0 bridgehead atoms. The number of aliphatic hydroxyl groups excluding tert-OH is 1. The molecule has 0 aromatic heterocycles. The molecule has 1 aliphatic heterocycles. The predicted molar refractivity (Wildman–Crippen MR) is 74.6 cm³/mol. The number of hydrogen-bond donors (Lipinski definition) is 1. The lowest BCUT2D eigenvalue weighted by Gasteiger charge is -2.48. The second-order valence-corrected chi connectivity index (χ2v) is 7.02. The molecule has 2 heteroatoms. The Hall–Kier alpha value is -0.0800. The average molecular weight is 251 g/mol. The van der Waals surface area contributed by atoms with Crippen molar-refractivity contribution in [2.45, 2.75) is 82.8 Å². The minimum absolute atomic E-state index is 0.0424. The summed E-state index contributed by atoms with van der Waals surface area (Å²) in [5.41, 5.74) is 0.703. The van der Waals surface area contributed by atoms with Gasteiger partial charge in [0.1, 0.15) is 0 Å². The van der Waals surface area contributed by atoms with Gasteiger partial charge in [0, 0.05) is 6.04 Å². The average Bonchev–Trinajstić information content (AvgIpc) is 2.42. The van der Waals surface area contributed by atoms with Gasteiger partial charge in [-0.1, -0.05) is 32.1 Å². The van der Waals surface area contributed by atoms with E-state index in [-0.39, 0.29) is 6.10 Å². The first-order chi connectivity index (χ1) is 8.79. The van der Waals surface area contributed by atoms with Crippen molar-refractivity contribution in [1.29, 1.82) is 0 Å². The smallest absolute Gasteiger partial charge is 0.0695 e. The van der Waals surface area contributed by atoms with E-state index in [1.54, 1.807) is 0 Å². The molecule has 2 nitrogen and oxygen atoms in total. The van der Waals surface area contributed by atoms with E-state index in [9.17, 15) is 5.11 Å². The number of aliphatic hydroxyl groups is 1. The third-order valence-electron chi connectivity index (χ3n) is 5.94. The van der Waals surface area contributed by atoms with E-state index in [0.29, 0.717) is 11.5 Å². The van der Waals surface area contributed by atoms with E-state index < -0.39 is 0 Å². The Labute approximate surface area is 112 Å². The molecule has 1 N–H and O–H groups in total. The van der Waals surface area contributed by atoms with Gasteiger partial charge in [-0.05, 0) is 57.0 Å². The van der Waals surface area contributed by atoms with Gasteiger partial charge in [-0.3, -0.25) is 4.90 Å². The van der Waals surface area contributed by atoms with Gasteiger partial charge in [-0.2, -0.15) is 0 Å². The highest BCUT2D eigenvalue weighted by molar-refractivity contribution is 4.92. The molecule has 1 heterocycles. The zero-order valence-electron chi connectivity index (χ0n) is 11.7. The number of nitrogens with zero attached hydrogens (tertiary/aromatic N) is 1. The third-order valence-corrected chi connectivity index (χ3v) is 5.94. The molecule has 0 amide bonds. The zero-order valence-corrected chi connectivity index (χ0v) is 11.7. The van der Waals surface area contributed by atoms with Crippen LogP contribution in [0.4, 0.5) is 0 Å². The normalized spacial score (nSPS) is 37.8. The van der Waals surface area contributed by atoms with Crippen LogP contribution >= 0.6 is 0 Å². The van der Waals surface area contributed by atoms with E-state index in [1.165, 1.54) is 77.3 Å². The van der Waals surface area contributed by atoms with Gasteiger partial charge in [0.05, 0.1) is 6.10 Å². The Kier molecular flexibility index (Phi) is 3.95. The van der Waals surface area contributed by atoms with Gasteiger partial charge in [0.25, 0.3) is 0 Å². The van der Waals surface area contributed by atoms with Gasteiger partial charge >= 0.3 is 0 Å². The van der Waals surface area contributed by atoms with Crippen LogP contribution in [0.5, 0.6) is 0 Å². The fourth-order valence-corrected chi connectivity index (χ4v) is 4.65. The summed E-state index contributed by atoms with van der Waals surface area (Å²) < 4.78 is 0. The van der Waals surface area contributed by atoms with Gasteiger partial charge < -0.3 is 5.11 Å². The molecule has 104 valence electrons. The number of likely N-dealkylation sites (tertiary alicyclic amines) is 1. The van der Waals surface area contributed by atoms with Crippen molar-refractivity contribution in [2.75, 3.05) is 13.1 Å². The first-order valence-corrected chi connectivity index (χ1v) is 8.21. The summed E-state index contributed by atoms with van der Waals surface area (Å²) in [5, 5.41) is 10.2. The van der Waals surface area contributed by atoms with Crippen molar-refractivity contribution in [3.8, 4) is 0 Å². The topological polar surface area (TPSA) is 23.5 Å². The quantitative estimate of drug-likeness (QED) is 0.772. The SMILES string of the molecule is O[C@@H]1CCCC[C@H]1N1CCC2(CCCCC2)CC1. The van der Waals surface area contributed by atoms with Gasteiger partial charge in [-0.25, -0.2) is 0 Å². The van der Waals surface area contributed by atoms with Crippen LogP contribution in [0.25, 0.3) is 0 Å². The first kappa shape index (κ1) is 12.9. The molecule has 0 unspecified atom stereocenters. The van der Waals surface area contributed by atoms with Crippen LogP contribution in [0.1, 0.15) is 70.6 Å². The van der Waals surface area contributed by atoms with Crippen molar-refractivity contribution in [2.24, 2.45) is 5.41 Å². The Morgan fingerprint density at radius 3 is 2.11 bits per heavy atom. The number of hydrogen-bond acceptors (Lipinski definition) is 2. The minimum atomic E-state index is -0.0424. The summed E-state index contributed by atoms with van der Waals surface area (Å²) >= 11 is 0. The lowest BCUT2D eigenvalue weighted by molar-refractivity contribution is -0.0204. The summed E-state index contributed by atoms with van der Waals surface area (Å²) in [5.74, 6) is 0. The fraction of sp³-hybridized carbons (Fsp3) is 1.00. The zero-order chi connectivity index (χ0) is 12.4. The minimum Gasteiger partial charge on any atom is -0.391 e. The lowest BCUT2D eigenvalue weighted by Crippen LogP contribution is -2.51. The van der Waals surface area contributed by atoms with Gasteiger partial charge in [0.2, 0.25) is 0 Å². The molecule has 1 spiro atoms. The second kappa shape index (κ2) is 5.50. The van der Waals surface area contributed by atoms with E-state index in [0.717, 1.165) is 6.42 Å². The molecular weight excluding hydrogens is 222 g/mol. The first-order valence-electron chi connectivity index (χ1n) is 8.21. The molecule has 2 atom stereocenters. The number of piperidine rings is 1. The maximum absolute atomic E-state index is 10.2. The number of rotatable bonds is 1. The maximum atomic E-state index is 10.2. The monoisotopic (exact) mass is 251 g/mol. The molecule has 0 aromatic rings. The molecule has 2 aliphatic carbocycles. The van der Waals surface area contributed by atoms with Crippen LogP contribution in [0.3, 0.4) is 0 Å². The van der Waals surface area contributed by atoms with E-state index in [1.807, 2.05) is 0 Å². The molecule has 3 fully saturated rings. The second-order valence-electron chi connectivity index (χ2n) is 7.02. The van der Waals surface area contributed by atoms with Crippen LogP contribution in [0.15, 0.2) is 0 Å². The van der Waals surface area contributed by atoms with Crippen molar-refractivity contribution in [1.82, 2.24) is 4.90 Å². The van der Waals surface area contributed by atoms with Crippen LogP contribution in [-0.4, -0.2) is 35.2 Å². The van der Waals surface area contributed by atoms with Crippen LogP contribution in [0.2, 0.25) is 0 Å². The fourth-order valence-electron chi connectivity index (χ4n) is 4.65. The van der Waals surface area contributed by atoms with Crippen LogP contribution < -0.4 is 0 Å². The Balaban J connectivity index is 1.55. The van der Waals surface area contributed by atoms with Crippen molar-refractivity contribution in [3.05, 3.63) is 0 Å². The van der Waals surface area contributed by atoms with E-state index in [4.69, 9.17) is 0 Å². The van der Waals surface area contributed by atoms with E-state index >= 15 is 0 Å². The van der Waals surface area contributed by atoms with Crippen molar-refractivity contribution in [3.63, 3.8) is 0 Å². The summed E-state index contributed by atoms with van der Waals surface area (Å²) in [6.45, 7) is 2.50. The molecule has 1 saturated heterocycles. The Morgan fingerprint density at radius 1 is 0.778 bits per heavy atom.